The van der Waals surface area contributed by atoms with Crippen LogP contribution in [0, 0.1) is 19.8 Å². The van der Waals surface area contributed by atoms with Gasteiger partial charge in [-0.05, 0) is 45.3 Å². The zero-order valence-electron chi connectivity index (χ0n) is 12.8. The van der Waals surface area contributed by atoms with E-state index in [1.54, 1.807) is 0 Å². The molecule has 0 radical (unpaired) electrons. The Morgan fingerprint density at radius 1 is 1.24 bits per heavy atom. The molecule has 4 nitrogen and oxygen atoms in total. The van der Waals surface area contributed by atoms with Crippen LogP contribution in [0.15, 0.2) is 18.2 Å². The van der Waals surface area contributed by atoms with Gasteiger partial charge in [0.1, 0.15) is 0 Å². The zero-order valence-corrected chi connectivity index (χ0v) is 12.8. The molecule has 4 heteroatoms. The topological polar surface area (TPSA) is 57.6 Å². The summed E-state index contributed by atoms with van der Waals surface area (Å²) in [6.07, 6.45) is 1.83. The normalized spacial score (nSPS) is 16.9. The summed E-state index contributed by atoms with van der Waals surface area (Å²) < 4.78 is 0. The lowest BCUT2D eigenvalue weighted by atomic mass is 9.87. The Morgan fingerprint density at radius 3 is 2.48 bits per heavy atom. The number of ketones is 1. The van der Waals surface area contributed by atoms with Crippen LogP contribution in [0.1, 0.15) is 40.7 Å². The van der Waals surface area contributed by atoms with Gasteiger partial charge < -0.3 is 10.0 Å². The lowest BCUT2D eigenvalue weighted by Gasteiger charge is -2.31. The molecule has 0 aromatic heterocycles. The van der Waals surface area contributed by atoms with E-state index in [1.165, 1.54) is 5.56 Å². The number of Topliss-reactive ketones (excluding diaryl/α,β-unsaturated/α-hetero) is 1. The van der Waals surface area contributed by atoms with E-state index in [-0.39, 0.29) is 18.1 Å². The second-order valence-electron chi connectivity index (χ2n) is 5.94. The third-order valence-electron chi connectivity index (χ3n) is 4.25. The lowest BCUT2D eigenvalue weighted by Crippen LogP contribution is -2.37. The van der Waals surface area contributed by atoms with Crippen molar-refractivity contribution >= 4 is 11.8 Å². The lowest BCUT2D eigenvalue weighted by molar-refractivity contribution is -0.137. The van der Waals surface area contributed by atoms with Crippen molar-refractivity contribution < 1.29 is 14.7 Å². The summed E-state index contributed by atoms with van der Waals surface area (Å²) in [6.45, 7) is 6.23. The van der Waals surface area contributed by atoms with Gasteiger partial charge >= 0.3 is 5.97 Å². The second-order valence-corrected chi connectivity index (χ2v) is 5.94. The number of carboxylic acid groups (broad SMARTS) is 1. The minimum atomic E-state index is -0.761. The van der Waals surface area contributed by atoms with Crippen LogP contribution in [0.25, 0.3) is 0 Å². The summed E-state index contributed by atoms with van der Waals surface area (Å²) >= 11 is 0. The fourth-order valence-electron chi connectivity index (χ4n) is 2.98. The molecule has 0 amide bonds. The summed E-state index contributed by atoms with van der Waals surface area (Å²) in [7, 11) is 0. The van der Waals surface area contributed by atoms with Crippen molar-refractivity contribution in [2.75, 3.05) is 19.6 Å². The van der Waals surface area contributed by atoms with Gasteiger partial charge in [0, 0.05) is 18.0 Å². The number of carbonyl (C=O) groups excluding carboxylic acids is 1. The van der Waals surface area contributed by atoms with E-state index in [0.717, 1.165) is 37.1 Å². The van der Waals surface area contributed by atoms with E-state index in [4.69, 9.17) is 5.11 Å². The Hall–Kier alpha value is -1.68. The smallest absolute Gasteiger partial charge is 0.304 e. The number of rotatable bonds is 5. The molecular weight excluding hydrogens is 266 g/mol. The van der Waals surface area contributed by atoms with Crippen LogP contribution in [0.4, 0.5) is 0 Å². The minimum absolute atomic E-state index is 0.0764. The van der Waals surface area contributed by atoms with Crippen LogP contribution >= 0.6 is 0 Å². The van der Waals surface area contributed by atoms with Crippen molar-refractivity contribution in [3.05, 3.63) is 34.9 Å². The molecule has 1 aliphatic rings. The Kier molecular flexibility index (Phi) is 5.12. The monoisotopic (exact) mass is 289 g/mol. The number of aliphatic carboxylic acids is 1. The molecule has 0 aliphatic carbocycles. The van der Waals surface area contributed by atoms with Crippen molar-refractivity contribution in [2.45, 2.75) is 33.1 Å². The minimum Gasteiger partial charge on any atom is -0.481 e. The van der Waals surface area contributed by atoms with Crippen molar-refractivity contribution in [3.63, 3.8) is 0 Å². The van der Waals surface area contributed by atoms with Crippen LogP contribution in [0.3, 0.4) is 0 Å². The van der Waals surface area contributed by atoms with Gasteiger partial charge in [0.2, 0.25) is 0 Å². The highest BCUT2D eigenvalue weighted by atomic mass is 16.4. The van der Waals surface area contributed by atoms with Gasteiger partial charge in [0.15, 0.2) is 5.78 Å². The number of carbonyl (C=O) groups is 2. The average molecular weight is 289 g/mol. The molecular formula is C17H23NO3. The zero-order chi connectivity index (χ0) is 15.4. The SMILES string of the molecule is Cc1ccc(C(=O)C2CCN(CCC(=O)O)CC2)c(C)c1. The molecule has 1 aliphatic heterocycles. The number of aryl methyl sites for hydroxylation is 2. The highest BCUT2D eigenvalue weighted by Crippen LogP contribution is 2.24. The van der Waals surface area contributed by atoms with Gasteiger partial charge in [0.05, 0.1) is 6.42 Å². The molecule has 0 bridgehead atoms. The first kappa shape index (κ1) is 15.7. The summed E-state index contributed by atoms with van der Waals surface area (Å²) in [5, 5.41) is 8.71. The average Bonchev–Trinajstić information content (AvgIpc) is 2.45. The highest BCUT2D eigenvalue weighted by molar-refractivity contribution is 5.99. The van der Waals surface area contributed by atoms with E-state index in [9.17, 15) is 9.59 Å². The first-order valence-electron chi connectivity index (χ1n) is 7.53. The molecule has 1 aromatic carbocycles. The number of hydrogen-bond acceptors (Lipinski definition) is 3. The maximum Gasteiger partial charge on any atom is 0.304 e. The molecule has 0 spiro atoms. The van der Waals surface area contributed by atoms with Gasteiger partial charge in [-0.15, -0.1) is 0 Å². The van der Waals surface area contributed by atoms with Crippen molar-refractivity contribution in [1.82, 2.24) is 4.90 Å². The number of carboxylic acids is 1. The summed E-state index contributed by atoms with van der Waals surface area (Å²) in [4.78, 5) is 25.3. The second kappa shape index (κ2) is 6.85. The molecule has 2 rings (SSSR count). The number of likely N-dealkylation sites (tertiary alicyclic amines) is 1. The van der Waals surface area contributed by atoms with Gasteiger partial charge in [-0.25, -0.2) is 0 Å². The predicted molar refractivity (Wildman–Crippen MR) is 81.7 cm³/mol. The highest BCUT2D eigenvalue weighted by Gasteiger charge is 2.26. The van der Waals surface area contributed by atoms with Gasteiger partial charge in [-0.1, -0.05) is 23.8 Å². The first-order chi connectivity index (χ1) is 9.97. The molecule has 1 saturated heterocycles. The number of hydrogen-bond donors (Lipinski definition) is 1. The quantitative estimate of drug-likeness (QED) is 0.847. The Balaban J connectivity index is 1.92. The Morgan fingerprint density at radius 2 is 1.90 bits per heavy atom. The van der Waals surface area contributed by atoms with Gasteiger partial charge in [-0.3, -0.25) is 9.59 Å². The van der Waals surface area contributed by atoms with Crippen molar-refractivity contribution in [2.24, 2.45) is 5.92 Å². The van der Waals surface area contributed by atoms with E-state index >= 15 is 0 Å². The van der Waals surface area contributed by atoms with Crippen molar-refractivity contribution in [3.8, 4) is 0 Å². The Labute approximate surface area is 125 Å². The largest absolute Gasteiger partial charge is 0.481 e. The standard InChI is InChI=1S/C17H23NO3/c1-12-3-4-15(13(2)11-12)17(21)14-5-8-18(9-6-14)10-7-16(19)20/h3-4,11,14H,5-10H2,1-2H3,(H,19,20). The fraction of sp³-hybridized carbons (Fsp3) is 0.529. The number of nitrogens with zero attached hydrogens (tertiary/aromatic N) is 1. The van der Waals surface area contributed by atoms with Gasteiger partial charge in [0.25, 0.3) is 0 Å². The van der Waals surface area contributed by atoms with E-state index in [0.29, 0.717) is 6.54 Å². The van der Waals surface area contributed by atoms with Crippen molar-refractivity contribution in [1.29, 1.82) is 0 Å². The van der Waals surface area contributed by atoms with Crippen LogP contribution in [0.5, 0.6) is 0 Å². The maximum atomic E-state index is 12.6. The van der Waals surface area contributed by atoms with E-state index in [1.807, 2.05) is 26.0 Å². The first-order valence-corrected chi connectivity index (χ1v) is 7.53. The third kappa shape index (κ3) is 4.14. The summed E-state index contributed by atoms with van der Waals surface area (Å²) in [6, 6.07) is 5.97. The summed E-state index contributed by atoms with van der Waals surface area (Å²) in [5.74, 6) is -0.443. The molecule has 0 unspecified atom stereocenters. The number of benzene rings is 1. The molecule has 1 fully saturated rings. The number of piperidine rings is 1. The summed E-state index contributed by atoms with van der Waals surface area (Å²) in [5.41, 5.74) is 3.06. The van der Waals surface area contributed by atoms with Gasteiger partial charge in [-0.2, -0.15) is 0 Å². The molecule has 0 saturated carbocycles. The molecule has 0 atom stereocenters. The third-order valence-corrected chi connectivity index (χ3v) is 4.25. The predicted octanol–water partition coefficient (Wildman–Crippen LogP) is 2.67. The van der Waals surface area contributed by atoms with E-state index in [2.05, 4.69) is 11.0 Å². The van der Waals surface area contributed by atoms with Crippen LogP contribution < -0.4 is 0 Å². The maximum absolute atomic E-state index is 12.6. The van der Waals surface area contributed by atoms with Crippen LogP contribution in [0.2, 0.25) is 0 Å². The molecule has 114 valence electrons. The van der Waals surface area contributed by atoms with Crippen LogP contribution in [-0.4, -0.2) is 41.4 Å². The fourth-order valence-corrected chi connectivity index (χ4v) is 2.98. The molecule has 1 aromatic rings. The Bertz CT molecular complexity index is 531. The molecule has 21 heavy (non-hydrogen) atoms. The molecule has 1 heterocycles. The van der Waals surface area contributed by atoms with Crippen LogP contribution in [-0.2, 0) is 4.79 Å². The van der Waals surface area contributed by atoms with E-state index < -0.39 is 5.97 Å². The molecule has 1 N–H and O–H groups in total.